The second-order valence-corrected chi connectivity index (χ2v) is 9.09. The summed E-state index contributed by atoms with van der Waals surface area (Å²) in [6, 6.07) is 21.6. The van der Waals surface area contributed by atoms with Crippen LogP contribution in [-0.4, -0.2) is 33.0 Å². The number of fused-ring (bicyclic) bond motifs is 1. The van der Waals surface area contributed by atoms with Crippen molar-refractivity contribution in [2.75, 3.05) is 10.6 Å². The van der Waals surface area contributed by atoms with Crippen LogP contribution in [0.2, 0.25) is 0 Å². The molecule has 1 amide bonds. The van der Waals surface area contributed by atoms with Crippen LogP contribution < -0.4 is 10.6 Å². The van der Waals surface area contributed by atoms with E-state index in [0.717, 1.165) is 28.1 Å². The first-order valence-electron chi connectivity index (χ1n) is 11.1. The van der Waals surface area contributed by atoms with Gasteiger partial charge in [-0.25, -0.2) is 4.79 Å². The summed E-state index contributed by atoms with van der Waals surface area (Å²) in [7, 11) is 0. The zero-order chi connectivity index (χ0) is 25.1. The van der Waals surface area contributed by atoms with Crippen molar-refractivity contribution in [2.45, 2.75) is 26.4 Å². The number of hydrogen-bond donors (Lipinski definition) is 3. The van der Waals surface area contributed by atoms with Gasteiger partial charge in [-0.1, -0.05) is 44.2 Å². The maximum atomic E-state index is 13.0. The van der Waals surface area contributed by atoms with Crippen LogP contribution in [0.1, 0.15) is 35.3 Å². The van der Waals surface area contributed by atoms with Gasteiger partial charge in [0.25, 0.3) is 5.91 Å². The molecule has 8 heteroatoms. The molecule has 1 aliphatic rings. The number of amides is 1. The Morgan fingerprint density at radius 3 is 2.37 bits per heavy atom. The van der Waals surface area contributed by atoms with Crippen molar-refractivity contribution < 1.29 is 14.7 Å². The highest BCUT2D eigenvalue weighted by Crippen LogP contribution is 2.31. The van der Waals surface area contributed by atoms with Crippen LogP contribution >= 0.6 is 12.2 Å². The molecule has 4 rings (SSSR count). The Hall–Kier alpha value is -4.22. The van der Waals surface area contributed by atoms with E-state index < -0.39 is 12.0 Å². The maximum Gasteiger partial charge on any atom is 0.326 e. The minimum absolute atomic E-state index is 0.193. The highest BCUT2D eigenvalue weighted by Gasteiger charge is 2.38. The van der Waals surface area contributed by atoms with Gasteiger partial charge < -0.3 is 20.6 Å². The van der Waals surface area contributed by atoms with Gasteiger partial charge in [0, 0.05) is 23.5 Å². The number of hydrogen-bond acceptors (Lipinski definition) is 4. The molecule has 3 aromatic rings. The number of carbonyl (C=O) groups is 2. The standard InChI is InChI=1S/C27H24N4O3S/c1-16(2)24(26(33)34)31-15-20-7-6-19(13-23(20)25(31)32)18-8-10-21(11-9-18)29-27(35)30-22-5-3-4-17(12-22)14-28/h3-13,16,24H,15H2,1-2H3,(H,33,34)(H2,29,30,35)/t24-/m0/s1. The second-order valence-electron chi connectivity index (χ2n) is 8.68. The summed E-state index contributed by atoms with van der Waals surface area (Å²) in [6.07, 6.45) is 0. The molecule has 0 radical (unpaired) electrons. The lowest BCUT2D eigenvalue weighted by molar-refractivity contribution is -0.144. The van der Waals surface area contributed by atoms with Gasteiger partial charge in [-0.05, 0) is 71.2 Å². The molecule has 1 aliphatic heterocycles. The summed E-state index contributed by atoms with van der Waals surface area (Å²) >= 11 is 5.37. The molecular weight excluding hydrogens is 460 g/mol. The van der Waals surface area contributed by atoms with Crippen molar-refractivity contribution in [3.8, 4) is 17.2 Å². The van der Waals surface area contributed by atoms with Gasteiger partial charge in [0.15, 0.2) is 5.11 Å². The number of carboxylic acid groups (broad SMARTS) is 1. The first kappa shape index (κ1) is 23.9. The molecule has 35 heavy (non-hydrogen) atoms. The Balaban J connectivity index is 1.46. The summed E-state index contributed by atoms with van der Waals surface area (Å²) in [5.41, 5.74) is 5.22. The third kappa shape index (κ3) is 5.15. The number of anilines is 2. The molecule has 0 aromatic heterocycles. The monoisotopic (exact) mass is 484 g/mol. The maximum absolute atomic E-state index is 13.0. The molecule has 0 unspecified atom stereocenters. The first-order chi connectivity index (χ1) is 16.8. The van der Waals surface area contributed by atoms with Gasteiger partial charge >= 0.3 is 5.97 Å². The lowest BCUT2D eigenvalue weighted by Crippen LogP contribution is -2.44. The van der Waals surface area contributed by atoms with E-state index in [4.69, 9.17) is 17.5 Å². The summed E-state index contributed by atoms with van der Waals surface area (Å²) in [5, 5.41) is 25.2. The zero-order valence-electron chi connectivity index (χ0n) is 19.3. The fourth-order valence-electron chi connectivity index (χ4n) is 4.21. The molecule has 0 spiro atoms. The molecule has 0 saturated heterocycles. The largest absolute Gasteiger partial charge is 0.480 e. The lowest BCUT2D eigenvalue weighted by atomic mass is 10.00. The van der Waals surface area contributed by atoms with Crippen LogP contribution in [0.5, 0.6) is 0 Å². The van der Waals surface area contributed by atoms with Crippen LogP contribution in [0, 0.1) is 17.2 Å². The molecule has 176 valence electrons. The van der Waals surface area contributed by atoms with Gasteiger partial charge in [-0.15, -0.1) is 0 Å². The lowest BCUT2D eigenvalue weighted by Gasteiger charge is -2.27. The molecule has 3 N–H and O–H groups in total. The van der Waals surface area contributed by atoms with Gasteiger partial charge in [-0.2, -0.15) is 5.26 Å². The van der Waals surface area contributed by atoms with E-state index in [-0.39, 0.29) is 11.8 Å². The van der Waals surface area contributed by atoms with E-state index in [9.17, 15) is 14.7 Å². The molecular formula is C27H24N4O3S. The van der Waals surface area contributed by atoms with Crippen molar-refractivity contribution in [3.05, 3.63) is 83.4 Å². The van der Waals surface area contributed by atoms with Gasteiger partial charge in [0.1, 0.15) is 6.04 Å². The average Bonchev–Trinajstić information content (AvgIpc) is 3.14. The van der Waals surface area contributed by atoms with Gasteiger partial charge in [-0.3, -0.25) is 4.79 Å². The SMILES string of the molecule is CC(C)[C@@H](C(=O)O)N1Cc2ccc(-c3ccc(NC(=S)Nc4cccc(C#N)c4)cc3)cc2C1=O. The predicted octanol–water partition coefficient (Wildman–Crippen LogP) is 5.10. The van der Waals surface area contributed by atoms with Crippen LogP contribution in [-0.2, 0) is 11.3 Å². The van der Waals surface area contributed by atoms with E-state index in [1.807, 2.05) is 48.5 Å². The molecule has 3 aromatic carbocycles. The number of benzene rings is 3. The number of rotatable bonds is 6. The Labute approximate surface area is 209 Å². The van der Waals surface area contributed by atoms with Crippen LogP contribution in [0.3, 0.4) is 0 Å². The number of nitrogens with zero attached hydrogens (tertiary/aromatic N) is 2. The summed E-state index contributed by atoms with van der Waals surface area (Å²) in [6.45, 7) is 3.91. The Morgan fingerprint density at radius 1 is 1.03 bits per heavy atom. The highest BCUT2D eigenvalue weighted by atomic mass is 32.1. The van der Waals surface area contributed by atoms with E-state index in [1.54, 1.807) is 32.0 Å². The van der Waals surface area contributed by atoms with Crippen molar-refractivity contribution in [1.29, 1.82) is 5.26 Å². The third-order valence-electron chi connectivity index (χ3n) is 5.89. The Bertz CT molecular complexity index is 1350. The van der Waals surface area contributed by atoms with E-state index in [0.29, 0.717) is 22.8 Å². The summed E-state index contributed by atoms with van der Waals surface area (Å²) < 4.78 is 0. The highest BCUT2D eigenvalue weighted by molar-refractivity contribution is 7.80. The van der Waals surface area contributed by atoms with E-state index >= 15 is 0 Å². The molecule has 1 atom stereocenters. The number of aliphatic carboxylic acids is 1. The van der Waals surface area contributed by atoms with Crippen LogP contribution in [0.15, 0.2) is 66.7 Å². The molecule has 0 aliphatic carbocycles. The first-order valence-corrected chi connectivity index (χ1v) is 11.5. The van der Waals surface area contributed by atoms with E-state index in [1.165, 1.54) is 4.90 Å². The molecule has 0 fully saturated rings. The second kappa shape index (κ2) is 9.95. The van der Waals surface area contributed by atoms with Crippen LogP contribution in [0.25, 0.3) is 11.1 Å². The molecule has 1 heterocycles. The summed E-state index contributed by atoms with van der Waals surface area (Å²) in [5.74, 6) is -1.44. The average molecular weight is 485 g/mol. The van der Waals surface area contributed by atoms with Gasteiger partial charge in [0.2, 0.25) is 0 Å². The molecule has 7 nitrogen and oxygen atoms in total. The van der Waals surface area contributed by atoms with Gasteiger partial charge in [0.05, 0.1) is 11.6 Å². The number of nitrogens with one attached hydrogen (secondary N) is 2. The number of carboxylic acids is 1. The number of thiocarbonyl (C=S) groups is 1. The normalized spacial score (nSPS) is 13.2. The van der Waals surface area contributed by atoms with E-state index in [2.05, 4.69) is 16.7 Å². The Kier molecular flexibility index (Phi) is 6.80. The fourth-order valence-corrected chi connectivity index (χ4v) is 4.45. The number of nitriles is 1. The minimum atomic E-state index is -0.991. The van der Waals surface area contributed by atoms with Crippen molar-refractivity contribution >= 4 is 40.6 Å². The summed E-state index contributed by atoms with van der Waals surface area (Å²) in [4.78, 5) is 26.2. The predicted molar refractivity (Wildman–Crippen MR) is 139 cm³/mol. The van der Waals surface area contributed by atoms with Crippen LogP contribution in [0.4, 0.5) is 11.4 Å². The zero-order valence-corrected chi connectivity index (χ0v) is 20.1. The molecule has 0 saturated carbocycles. The third-order valence-corrected chi connectivity index (χ3v) is 6.09. The topological polar surface area (TPSA) is 105 Å². The molecule has 0 bridgehead atoms. The van der Waals surface area contributed by atoms with Crippen molar-refractivity contribution in [2.24, 2.45) is 5.92 Å². The van der Waals surface area contributed by atoms with Crippen molar-refractivity contribution in [1.82, 2.24) is 4.90 Å². The minimum Gasteiger partial charge on any atom is -0.480 e. The van der Waals surface area contributed by atoms with Crippen molar-refractivity contribution in [3.63, 3.8) is 0 Å². The quantitative estimate of drug-likeness (QED) is 0.418. The Morgan fingerprint density at radius 2 is 1.71 bits per heavy atom. The smallest absolute Gasteiger partial charge is 0.326 e. The fraction of sp³-hybridized carbons (Fsp3) is 0.185. The number of carbonyl (C=O) groups excluding carboxylic acids is 1.